The SMILES string of the molecule is CC1=C(/C=C/C(C)=C/C=C/C(C)=C/C(=O)O)C(C)(C)CCC1.C[N+](C)(C)CC(=O)[O-]. The van der Waals surface area contributed by atoms with Crippen molar-refractivity contribution >= 4 is 11.9 Å². The maximum atomic E-state index is 10.5. The lowest BCUT2D eigenvalue weighted by atomic mass is 9.72. The highest BCUT2D eigenvalue weighted by molar-refractivity contribution is 5.81. The summed E-state index contributed by atoms with van der Waals surface area (Å²) in [5.41, 5.74) is 5.09. The molecule has 0 saturated carbocycles. The zero-order chi connectivity index (χ0) is 23.5. The second-order valence-corrected chi connectivity index (χ2v) is 9.58. The van der Waals surface area contributed by atoms with Gasteiger partial charge in [0.05, 0.1) is 27.1 Å². The van der Waals surface area contributed by atoms with Gasteiger partial charge >= 0.3 is 5.97 Å². The van der Waals surface area contributed by atoms with E-state index < -0.39 is 11.9 Å². The maximum absolute atomic E-state index is 10.5. The van der Waals surface area contributed by atoms with Crippen molar-refractivity contribution in [2.45, 2.75) is 53.9 Å². The Morgan fingerprint density at radius 1 is 1.13 bits per heavy atom. The number of allylic oxidation sites excluding steroid dienone is 9. The molecule has 1 N–H and O–H groups in total. The molecule has 0 aliphatic heterocycles. The quantitative estimate of drug-likeness (QED) is 0.385. The lowest BCUT2D eigenvalue weighted by molar-refractivity contribution is -0.864. The molecule has 1 aliphatic rings. The zero-order valence-corrected chi connectivity index (χ0v) is 19.9. The Kier molecular flexibility index (Phi) is 11.3. The number of hydrogen-bond acceptors (Lipinski definition) is 3. The third kappa shape index (κ3) is 12.9. The number of quaternary nitrogens is 1. The van der Waals surface area contributed by atoms with Gasteiger partial charge in [-0.05, 0) is 56.6 Å². The summed E-state index contributed by atoms with van der Waals surface area (Å²) in [6, 6.07) is 0. The topological polar surface area (TPSA) is 77.4 Å². The summed E-state index contributed by atoms with van der Waals surface area (Å²) in [5.74, 6) is -1.91. The van der Waals surface area contributed by atoms with E-state index in [0.717, 1.165) is 11.1 Å². The molecule has 1 aliphatic carbocycles. The van der Waals surface area contributed by atoms with Gasteiger partial charge < -0.3 is 19.5 Å². The van der Waals surface area contributed by atoms with E-state index in [0.29, 0.717) is 4.48 Å². The van der Waals surface area contributed by atoms with Gasteiger partial charge in [-0.3, -0.25) is 0 Å². The molecule has 168 valence electrons. The molecule has 0 fully saturated rings. The standard InChI is InChI=1S/C20H28O2.C5H11NO2/c1-15(8-6-9-16(2)14-19(21)22)11-12-18-17(3)10-7-13-20(18,4)5;1-6(2,3)4-5(7)8/h6,8-9,11-12,14H,7,10,13H2,1-5H3,(H,21,22);4H2,1-3H3/b9-6+,12-11+,15-8+,16-14+;. The minimum absolute atomic E-state index is 0.0694. The van der Waals surface area contributed by atoms with Crippen molar-refractivity contribution in [3.8, 4) is 0 Å². The summed E-state index contributed by atoms with van der Waals surface area (Å²) in [4.78, 5) is 20.4. The summed E-state index contributed by atoms with van der Waals surface area (Å²) in [5, 5.41) is 18.5. The first-order chi connectivity index (χ1) is 13.6. The van der Waals surface area contributed by atoms with Crippen LogP contribution in [-0.2, 0) is 9.59 Å². The molecule has 0 spiro atoms. The Balaban J connectivity index is 0.000000890. The molecule has 0 aromatic heterocycles. The summed E-state index contributed by atoms with van der Waals surface area (Å²) < 4.78 is 0.419. The molecule has 5 nitrogen and oxygen atoms in total. The lowest BCUT2D eigenvalue weighted by Gasteiger charge is -2.32. The van der Waals surface area contributed by atoms with E-state index in [2.05, 4.69) is 39.8 Å². The van der Waals surface area contributed by atoms with Crippen LogP contribution in [0, 0.1) is 5.41 Å². The molecule has 1 rings (SSSR count). The fourth-order valence-electron chi connectivity index (χ4n) is 3.26. The fraction of sp³-hybridized carbons (Fsp3) is 0.520. The average Bonchev–Trinajstić information content (AvgIpc) is 2.51. The van der Waals surface area contributed by atoms with Crippen LogP contribution in [0.2, 0.25) is 0 Å². The number of carbonyl (C=O) groups excluding carboxylic acids is 1. The van der Waals surface area contributed by atoms with E-state index >= 15 is 0 Å². The Hall–Kier alpha value is -2.40. The third-order valence-electron chi connectivity index (χ3n) is 4.73. The number of aliphatic carboxylic acids is 2. The van der Waals surface area contributed by atoms with E-state index in [4.69, 9.17) is 5.11 Å². The molecule has 0 aromatic rings. The second kappa shape index (κ2) is 12.3. The summed E-state index contributed by atoms with van der Waals surface area (Å²) in [7, 11) is 5.40. The van der Waals surface area contributed by atoms with Crippen molar-refractivity contribution in [2.24, 2.45) is 5.41 Å². The first-order valence-corrected chi connectivity index (χ1v) is 10.3. The molecule has 0 atom stereocenters. The summed E-state index contributed by atoms with van der Waals surface area (Å²) in [6.07, 6.45) is 15.0. The van der Waals surface area contributed by atoms with Gasteiger partial charge in [0.25, 0.3) is 0 Å². The van der Waals surface area contributed by atoms with Gasteiger partial charge in [0.2, 0.25) is 0 Å². The van der Waals surface area contributed by atoms with Crippen LogP contribution in [0.25, 0.3) is 0 Å². The van der Waals surface area contributed by atoms with Gasteiger partial charge in [0.15, 0.2) is 0 Å². The van der Waals surface area contributed by atoms with Crippen molar-refractivity contribution < 1.29 is 24.3 Å². The third-order valence-corrected chi connectivity index (χ3v) is 4.73. The summed E-state index contributed by atoms with van der Waals surface area (Å²) in [6.45, 7) is 10.8. The Morgan fingerprint density at radius 3 is 2.17 bits per heavy atom. The van der Waals surface area contributed by atoms with E-state index in [-0.39, 0.29) is 12.0 Å². The van der Waals surface area contributed by atoms with Crippen LogP contribution in [-0.4, -0.2) is 49.2 Å². The van der Waals surface area contributed by atoms with Crippen LogP contribution in [0.1, 0.15) is 53.9 Å². The molecule has 5 heteroatoms. The molecule has 30 heavy (non-hydrogen) atoms. The van der Waals surface area contributed by atoms with Crippen LogP contribution in [0.3, 0.4) is 0 Å². The van der Waals surface area contributed by atoms with Crippen LogP contribution >= 0.6 is 0 Å². The normalized spacial score (nSPS) is 17.9. The van der Waals surface area contributed by atoms with E-state index in [9.17, 15) is 14.7 Å². The second-order valence-electron chi connectivity index (χ2n) is 9.58. The molecule has 0 unspecified atom stereocenters. The summed E-state index contributed by atoms with van der Waals surface area (Å²) >= 11 is 0. The number of carbonyl (C=O) groups is 2. The highest BCUT2D eigenvalue weighted by Gasteiger charge is 2.26. The molecule has 0 bridgehead atoms. The molecule has 0 saturated heterocycles. The number of likely N-dealkylation sites (N-methyl/N-ethyl adjacent to an activating group) is 1. The minimum atomic E-state index is -1.00. The molecular formula is C25H39NO4. The monoisotopic (exact) mass is 417 g/mol. The maximum Gasteiger partial charge on any atom is 0.328 e. The minimum Gasteiger partial charge on any atom is -0.544 e. The van der Waals surface area contributed by atoms with Gasteiger partial charge in [-0.2, -0.15) is 0 Å². The zero-order valence-electron chi connectivity index (χ0n) is 19.9. The molecule has 0 amide bonds. The number of nitrogens with zero attached hydrogens (tertiary/aromatic N) is 1. The van der Waals surface area contributed by atoms with E-state index in [1.54, 1.807) is 34.1 Å². The van der Waals surface area contributed by atoms with Crippen LogP contribution in [0.5, 0.6) is 0 Å². The van der Waals surface area contributed by atoms with Crippen molar-refractivity contribution in [1.29, 1.82) is 0 Å². The predicted molar refractivity (Wildman–Crippen MR) is 122 cm³/mol. The molecule has 0 aromatic carbocycles. The Labute approximate surface area is 182 Å². The Bertz CT molecular complexity index is 757. The van der Waals surface area contributed by atoms with Crippen LogP contribution in [0.15, 0.2) is 58.7 Å². The van der Waals surface area contributed by atoms with Gasteiger partial charge in [-0.25, -0.2) is 4.79 Å². The van der Waals surface area contributed by atoms with Crippen LogP contribution < -0.4 is 5.11 Å². The smallest absolute Gasteiger partial charge is 0.328 e. The van der Waals surface area contributed by atoms with E-state index in [1.807, 2.05) is 12.2 Å². The predicted octanol–water partition coefficient (Wildman–Crippen LogP) is 4.05. The first kappa shape index (κ1) is 27.6. The van der Waals surface area contributed by atoms with Gasteiger partial charge in [0, 0.05) is 6.08 Å². The molecular weight excluding hydrogens is 378 g/mol. The molecule has 0 radical (unpaired) electrons. The Morgan fingerprint density at radius 2 is 1.73 bits per heavy atom. The molecule has 0 heterocycles. The van der Waals surface area contributed by atoms with Crippen molar-refractivity contribution in [3.05, 3.63) is 58.7 Å². The van der Waals surface area contributed by atoms with Crippen LogP contribution in [0.4, 0.5) is 0 Å². The van der Waals surface area contributed by atoms with Gasteiger partial charge in [0.1, 0.15) is 6.54 Å². The van der Waals surface area contributed by atoms with Gasteiger partial charge in [-0.1, -0.05) is 55.4 Å². The first-order valence-electron chi connectivity index (χ1n) is 10.3. The van der Waals surface area contributed by atoms with Crippen molar-refractivity contribution in [1.82, 2.24) is 0 Å². The number of hydrogen-bond donors (Lipinski definition) is 1. The largest absolute Gasteiger partial charge is 0.544 e. The number of carboxylic acid groups (broad SMARTS) is 2. The lowest BCUT2D eigenvalue weighted by Crippen LogP contribution is -2.45. The highest BCUT2D eigenvalue weighted by atomic mass is 16.4. The number of rotatable bonds is 7. The number of carboxylic acids is 2. The van der Waals surface area contributed by atoms with E-state index in [1.165, 1.54) is 36.5 Å². The van der Waals surface area contributed by atoms with Gasteiger partial charge in [-0.15, -0.1) is 0 Å². The van der Waals surface area contributed by atoms with Crippen molar-refractivity contribution in [3.63, 3.8) is 0 Å². The fourth-order valence-corrected chi connectivity index (χ4v) is 3.26. The average molecular weight is 418 g/mol. The highest BCUT2D eigenvalue weighted by Crippen LogP contribution is 2.40. The van der Waals surface area contributed by atoms with Crippen molar-refractivity contribution in [2.75, 3.05) is 27.7 Å².